The van der Waals surface area contributed by atoms with Gasteiger partial charge in [-0.05, 0) is 37.9 Å². The fourth-order valence-electron chi connectivity index (χ4n) is 3.48. The van der Waals surface area contributed by atoms with Gasteiger partial charge < -0.3 is 15.0 Å². The number of benzene rings is 1. The van der Waals surface area contributed by atoms with Crippen molar-refractivity contribution in [3.05, 3.63) is 17.2 Å². The number of hydrogen-bond donors (Lipinski definition) is 2. The lowest BCUT2D eigenvalue weighted by molar-refractivity contribution is 0.204. The van der Waals surface area contributed by atoms with Crippen LogP contribution in [0.3, 0.4) is 0 Å². The molecule has 1 aromatic carbocycles. The van der Waals surface area contributed by atoms with E-state index in [9.17, 15) is 0 Å². The Hall–Kier alpha value is -0.950. The summed E-state index contributed by atoms with van der Waals surface area (Å²) < 4.78 is 0. The van der Waals surface area contributed by atoms with Gasteiger partial charge in [0.2, 0.25) is 0 Å². The number of nitrogens with one attached hydrogen (secondary N) is 1. The first kappa shape index (κ1) is 19.8. The lowest BCUT2D eigenvalue weighted by Crippen LogP contribution is -2.32. The fourth-order valence-corrected chi connectivity index (χ4v) is 4.73. The summed E-state index contributed by atoms with van der Waals surface area (Å²) in [5, 5.41) is 11.5. The van der Waals surface area contributed by atoms with Crippen LogP contribution in [0.15, 0.2) is 17.3 Å². The summed E-state index contributed by atoms with van der Waals surface area (Å²) in [4.78, 5) is 12.9. The monoisotopic (exact) mass is 396 g/mol. The summed E-state index contributed by atoms with van der Waals surface area (Å²) in [6.45, 7) is 9.29. The highest BCUT2D eigenvalue weighted by atomic mass is 35.5. The second kappa shape index (κ2) is 9.31. The van der Waals surface area contributed by atoms with Crippen LogP contribution in [0.4, 0.5) is 5.69 Å². The highest BCUT2D eigenvalue weighted by Gasteiger charge is 2.18. The quantitative estimate of drug-likeness (QED) is 0.693. The van der Waals surface area contributed by atoms with Crippen molar-refractivity contribution in [3.8, 4) is 0 Å². The largest absolute Gasteiger partial charge is 0.395 e. The Morgan fingerprint density at radius 1 is 1.23 bits per heavy atom. The van der Waals surface area contributed by atoms with Crippen LogP contribution < -0.4 is 4.90 Å². The summed E-state index contributed by atoms with van der Waals surface area (Å²) in [6, 6.07) is 4.12. The van der Waals surface area contributed by atoms with Crippen molar-refractivity contribution in [2.45, 2.75) is 43.5 Å². The summed E-state index contributed by atoms with van der Waals surface area (Å²) in [7, 11) is 0. The van der Waals surface area contributed by atoms with Gasteiger partial charge in [0.15, 0.2) is 5.16 Å². The molecular weight excluding hydrogens is 368 g/mol. The van der Waals surface area contributed by atoms with Gasteiger partial charge in [-0.3, -0.25) is 4.90 Å². The Morgan fingerprint density at radius 2 is 2.04 bits per heavy atom. The van der Waals surface area contributed by atoms with Crippen LogP contribution >= 0.6 is 23.4 Å². The van der Waals surface area contributed by atoms with E-state index in [1.165, 1.54) is 0 Å². The SMILES string of the molecule is CCC(CC)Sc1nc2cc(Cl)c(N3CCCN(CCO)CC3)cc2[nH]1. The Labute approximate surface area is 165 Å². The van der Waals surface area contributed by atoms with E-state index >= 15 is 0 Å². The molecule has 7 heteroatoms. The number of thioether (sulfide) groups is 1. The maximum Gasteiger partial charge on any atom is 0.166 e. The molecule has 0 saturated carbocycles. The number of β-amino-alcohol motifs (C(OH)–C–C–N with tert-alkyl or cyclic N) is 1. The summed E-state index contributed by atoms with van der Waals surface area (Å²) in [6.07, 6.45) is 3.36. The second-order valence-electron chi connectivity index (χ2n) is 6.82. The molecule has 1 aromatic heterocycles. The van der Waals surface area contributed by atoms with E-state index in [0.717, 1.165) is 78.9 Å². The maximum atomic E-state index is 9.17. The third-order valence-electron chi connectivity index (χ3n) is 5.06. The molecule has 144 valence electrons. The Morgan fingerprint density at radius 3 is 2.77 bits per heavy atom. The van der Waals surface area contributed by atoms with Crippen LogP contribution in [0.25, 0.3) is 11.0 Å². The molecule has 0 radical (unpaired) electrons. The zero-order chi connectivity index (χ0) is 18.5. The number of anilines is 1. The molecule has 2 aromatic rings. The molecule has 0 aliphatic carbocycles. The van der Waals surface area contributed by atoms with Gasteiger partial charge in [0.25, 0.3) is 0 Å². The van der Waals surface area contributed by atoms with E-state index < -0.39 is 0 Å². The van der Waals surface area contributed by atoms with Gasteiger partial charge in [-0.15, -0.1) is 0 Å². The van der Waals surface area contributed by atoms with Gasteiger partial charge in [-0.1, -0.05) is 37.2 Å². The predicted molar refractivity (Wildman–Crippen MR) is 112 cm³/mol. The number of aromatic amines is 1. The van der Waals surface area contributed by atoms with Crippen LogP contribution in [0.2, 0.25) is 5.02 Å². The van der Waals surface area contributed by atoms with Crippen LogP contribution in [0.5, 0.6) is 0 Å². The van der Waals surface area contributed by atoms with Crippen molar-refractivity contribution in [2.75, 3.05) is 44.2 Å². The molecule has 0 spiro atoms. The minimum absolute atomic E-state index is 0.220. The number of aromatic nitrogens is 2. The van der Waals surface area contributed by atoms with Gasteiger partial charge in [-0.2, -0.15) is 0 Å². The topological polar surface area (TPSA) is 55.4 Å². The molecule has 1 aliphatic heterocycles. The van der Waals surface area contributed by atoms with Crippen LogP contribution in [0, 0.1) is 0 Å². The van der Waals surface area contributed by atoms with Crippen molar-refractivity contribution in [1.82, 2.24) is 14.9 Å². The first-order valence-corrected chi connectivity index (χ1v) is 10.8. The van der Waals surface area contributed by atoms with Gasteiger partial charge in [0, 0.05) is 31.4 Å². The summed E-state index contributed by atoms with van der Waals surface area (Å²) >= 11 is 8.42. The van der Waals surface area contributed by atoms with E-state index in [4.69, 9.17) is 21.7 Å². The molecule has 26 heavy (non-hydrogen) atoms. The Bertz CT molecular complexity index is 719. The Kier molecular flexibility index (Phi) is 7.09. The molecule has 0 bridgehead atoms. The third-order valence-corrected chi connectivity index (χ3v) is 6.78. The van der Waals surface area contributed by atoms with Crippen LogP contribution in [-0.4, -0.2) is 64.6 Å². The molecule has 0 unspecified atom stereocenters. The number of imidazole rings is 1. The van der Waals surface area contributed by atoms with E-state index in [2.05, 4.69) is 34.7 Å². The first-order chi connectivity index (χ1) is 12.6. The standard InChI is InChI=1S/C19H29ClN4OS/c1-3-14(4-2)26-19-21-16-12-15(20)18(13-17(16)22-19)24-7-5-6-23(8-9-24)10-11-25/h12-14,25H,3-11H2,1-2H3,(H,21,22). The molecular formula is C19H29ClN4OS. The number of rotatable bonds is 7. The minimum atomic E-state index is 0.220. The number of aliphatic hydroxyl groups excluding tert-OH is 1. The zero-order valence-corrected chi connectivity index (χ0v) is 17.2. The average molecular weight is 397 g/mol. The molecule has 1 aliphatic rings. The van der Waals surface area contributed by atoms with Gasteiger partial charge in [-0.25, -0.2) is 4.98 Å². The van der Waals surface area contributed by atoms with Gasteiger partial charge in [0.05, 0.1) is 28.4 Å². The lowest BCUT2D eigenvalue weighted by Gasteiger charge is -2.24. The normalized spacial score (nSPS) is 16.6. The van der Waals surface area contributed by atoms with Crippen LogP contribution in [-0.2, 0) is 0 Å². The van der Waals surface area contributed by atoms with E-state index in [0.29, 0.717) is 5.25 Å². The molecule has 0 atom stereocenters. The van der Waals surface area contributed by atoms with Crippen molar-refractivity contribution in [3.63, 3.8) is 0 Å². The van der Waals surface area contributed by atoms with Crippen molar-refractivity contribution in [2.24, 2.45) is 0 Å². The number of H-pyrrole nitrogens is 1. The van der Waals surface area contributed by atoms with E-state index in [-0.39, 0.29) is 6.61 Å². The molecule has 5 nitrogen and oxygen atoms in total. The molecule has 2 N–H and O–H groups in total. The average Bonchev–Trinajstić information content (AvgIpc) is 2.87. The fraction of sp³-hybridized carbons (Fsp3) is 0.632. The van der Waals surface area contributed by atoms with E-state index in [1.54, 1.807) is 0 Å². The van der Waals surface area contributed by atoms with Crippen molar-refractivity contribution >= 4 is 40.1 Å². The van der Waals surface area contributed by atoms with Crippen molar-refractivity contribution in [1.29, 1.82) is 0 Å². The lowest BCUT2D eigenvalue weighted by atomic mass is 10.2. The summed E-state index contributed by atoms with van der Waals surface area (Å²) in [5.41, 5.74) is 3.06. The first-order valence-electron chi connectivity index (χ1n) is 9.58. The zero-order valence-electron chi connectivity index (χ0n) is 15.7. The van der Waals surface area contributed by atoms with Crippen molar-refractivity contribution < 1.29 is 5.11 Å². The van der Waals surface area contributed by atoms with Crippen LogP contribution in [0.1, 0.15) is 33.1 Å². The summed E-state index contributed by atoms with van der Waals surface area (Å²) in [5.74, 6) is 0. The smallest absolute Gasteiger partial charge is 0.166 e. The second-order valence-corrected chi connectivity index (χ2v) is 8.52. The maximum absolute atomic E-state index is 9.17. The highest BCUT2D eigenvalue weighted by Crippen LogP contribution is 2.33. The van der Waals surface area contributed by atoms with Gasteiger partial charge >= 0.3 is 0 Å². The molecule has 1 fully saturated rings. The van der Waals surface area contributed by atoms with Gasteiger partial charge in [0.1, 0.15) is 0 Å². The molecule has 2 heterocycles. The number of nitrogens with zero attached hydrogens (tertiary/aromatic N) is 3. The minimum Gasteiger partial charge on any atom is -0.395 e. The Balaban J connectivity index is 1.79. The molecule has 3 rings (SSSR count). The van der Waals surface area contributed by atoms with E-state index in [1.807, 2.05) is 17.8 Å². The number of aliphatic hydroxyl groups is 1. The number of hydrogen-bond acceptors (Lipinski definition) is 5. The number of halogens is 1. The third kappa shape index (κ3) is 4.66. The molecule has 1 saturated heterocycles. The predicted octanol–water partition coefficient (Wildman–Crippen LogP) is 4.00. The highest BCUT2D eigenvalue weighted by molar-refractivity contribution is 7.99. The number of fused-ring (bicyclic) bond motifs is 1. The molecule has 0 amide bonds.